The SMILES string of the molecule is CSCC[C@@H](NC(=O)c1ccc2c(c1)COC2)C(=O)O. The smallest absolute Gasteiger partial charge is 0.326 e. The third-order valence-corrected chi connectivity index (χ3v) is 3.84. The highest BCUT2D eigenvalue weighted by Crippen LogP contribution is 2.20. The van der Waals surface area contributed by atoms with Crippen LogP contribution in [0.15, 0.2) is 18.2 Å². The number of thioether (sulfide) groups is 1. The number of rotatable bonds is 6. The molecule has 2 N–H and O–H groups in total. The lowest BCUT2D eigenvalue weighted by molar-refractivity contribution is -0.139. The largest absolute Gasteiger partial charge is 0.480 e. The van der Waals surface area contributed by atoms with Crippen molar-refractivity contribution in [2.75, 3.05) is 12.0 Å². The number of carboxylic acid groups (broad SMARTS) is 1. The zero-order valence-electron chi connectivity index (χ0n) is 11.2. The first-order valence-corrected chi connectivity index (χ1v) is 7.73. The lowest BCUT2D eigenvalue weighted by Gasteiger charge is -2.14. The van der Waals surface area contributed by atoms with E-state index in [0.29, 0.717) is 31.0 Å². The normalized spacial score (nSPS) is 14.7. The number of carbonyl (C=O) groups is 2. The van der Waals surface area contributed by atoms with Gasteiger partial charge in [0, 0.05) is 5.56 Å². The summed E-state index contributed by atoms with van der Waals surface area (Å²) in [5.41, 5.74) is 2.55. The van der Waals surface area contributed by atoms with Crippen LogP contribution < -0.4 is 5.32 Å². The molecule has 1 aromatic carbocycles. The molecule has 1 atom stereocenters. The Morgan fingerprint density at radius 1 is 1.40 bits per heavy atom. The van der Waals surface area contributed by atoms with E-state index in [4.69, 9.17) is 9.84 Å². The van der Waals surface area contributed by atoms with Gasteiger partial charge < -0.3 is 15.2 Å². The van der Waals surface area contributed by atoms with Crippen molar-refractivity contribution in [2.24, 2.45) is 0 Å². The van der Waals surface area contributed by atoms with Crippen molar-refractivity contribution in [1.29, 1.82) is 0 Å². The number of aliphatic carboxylic acids is 1. The van der Waals surface area contributed by atoms with Gasteiger partial charge in [0.05, 0.1) is 13.2 Å². The number of benzene rings is 1. The molecular formula is C14H17NO4S. The molecule has 1 heterocycles. The number of hydrogen-bond donors (Lipinski definition) is 2. The van der Waals surface area contributed by atoms with E-state index >= 15 is 0 Å². The van der Waals surface area contributed by atoms with Crippen LogP contribution in [0, 0.1) is 0 Å². The van der Waals surface area contributed by atoms with Gasteiger partial charge in [0.15, 0.2) is 0 Å². The zero-order chi connectivity index (χ0) is 14.5. The molecule has 0 aromatic heterocycles. The van der Waals surface area contributed by atoms with Crippen molar-refractivity contribution < 1.29 is 19.4 Å². The fourth-order valence-corrected chi connectivity index (χ4v) is 2.52. The standard InChI is InChI=1S/C14H17NO4S/c1-20-5-4-12(14(17)18)15-13(16)9-2-3-10-7-19-8-11(10)6-9/h2-3,6,12H,4-5,7-8H2,1H3,(H,15,16)(H,17,18)/t12-/m1/s1. The highest BCUT2D eigenvalue weighted by atomic mass is 32.2. The summed E-state index contributed by atoms with van der Waals surface area (Å²) in [6.45, 7) is 1.08. The molecule has 0 spiro atoms. The van der Waals surface area contributed by atoms with E-state index < -0.39 is 12.0 Å². The molecular weight excluding hydrogens is 278 g/mol. The molecule has 0 saturated carbocycles. The third kappa shape index (κ3) is 3.52. The van der Waals surface area contributed by atoms with E-state index in [2.05, 4.69) is 5.32 Å². The van der Waals surface area contributed by atoms with Crippen LogP contribution in [0.2, 0.25) is 0 Å². The van der Waals surface area contributed by atoms with Crippen LogP contribution in [0.5, 0.6) is 0 Å². The third-order valence-electron chi connectivity index (χ3n) is 3.20. The number of fused-ring (bicyclic) bond motifs is 1. The average molecular weight is 295 g/mol. The zero-order valence-corrected chi connectivity index (χ0v) is 12.0. The van der Waals surface area contributed by atoms with Crippen molar-refractivity contribution in [3.05, 3.63) is 34.9 Å². The molecule has 1 amide bonds. The van der Waals surface area contributed by atoms with Gasteiger partial charge in [0.25, 0.3) is 5.91 Å². The van der Waals surface area contributed by atoms with Crippen LogP contribution in [0.1, 0.15) is 27.9 Å². The molecule has 6 heteroatoms. The van der Waals surface area contributed by atoms with E-state index in [-0.39, 0.29) is 5.91 Å². The Balaban J connectivity index is 2.04. The molecule has 20 heavy (non-hydrogen) atoms. The maximum Gasteiger partial charge on any atom is 0.326 e. The summed E-state index contributed by atoms with van der Waals surface area (Å²) in [6, 6.07) is 4.48. The second-order valence-electron chi connectivity index (χ2n) is 4.62. The van der Waals surface area contributed by atoms with Gasteiger partial charge in [0.2, 0.25) is 0 Å². The van der Waals surface area contributed by atoms with E-state index in [1.807, 2.05) is 12.3 Å². The molecule has 1 aliphatic rings. The Morgan fingerprint density at radius 2 is 2.15 bits per heavy atom. The van der Waals surface area contributed by atoms with E-state index in [1.165, 1.54) is 0 Å². The van der Waals surface area contributed by atoms with Gasteiger partial charge in [-0.05, 0) is 41.7 Å². The minimum absolute atomic E-state index is 0.354. The summed E-state index contributed by atoms with van der Waals surface area (Å²) >= 11 is 1.56. The number of ether oxygens (including phenoxy) is 1. The lowest BCUT2D eigenvalue weighted by Crippen LogP contribution is -2.41. The Bertz CT molecular complexity index is 518. The first kappa shape index (κ1) is 14.9. The van der Waals surface area contributed by atoms with Crippen molar-refractivity contribution >= 4 is 23.6 Å². The lowest BCUT2D eigenvalue weighted by atomic mass is 10.1. The molecule has 2 rings (SSSR count). The minimum Gasteiger partial charge on any atom is -0.480 e. The van der Waals surface area contributed by atoms with Gasteiger partial charge in [-0.3, -0.25) is 4.79 Å². The van der Waals surface area contributed by atoms with E-state index in [1.54, 1.807) is 23.9 Å². The summed E-state index contributed by atoms with van der Waals surface area (Å²) in [6.07, 6.45) is 2.32. The molecule has 0 unspecified atom stereocenters. The van der Waals surface area contributed by atoms with Crippen LogP contribution in [0.4, 0.5) is 0 Å². The first-order valence-electron chi connectivity index (χ1n) is 6.34. The number of carboxylic acids is 1. The maximum atomic E-state index is 12.1. The number of carbonyl (C=O) groups excluding carboxylic acids is 1. The molecule has 108 valence electrons. The fourth-order valence-electron chi connectivity index (χ4n) is 2.05. The Kier molecular flexibility index (Phi) is 5.03. The summed E-state index contributed by atoms with van der Waals surface area (Å²) in [5.74, 6) is -0.667. The monoisotopic (exact) mass is 295 g/mol. The van der Waals surface area contributed by atoms with Crippen LogP contribution in [-0.4, -0.2) is 35.0 Å². The van der Waals surface area contributed by atoms with Crippen molar-refractivity contribution in [1.82, 2.24) is 5.32 Å². The van der Waals surface area contributed by atoms with Gasteiger partial charge in [-0.25, -0.2) is 4.79 Å². The molecule has 0 fully saturated rings. The highest BCUT2D eigenvalue weighted by molar-refractivity contribution is 7.98. The van der Waals surface area contributed by atoms with Gasteiger partial charge >= 0.3 is 5.97 Å². The van der Waals surface area contributed by atoms with Crippen LogP contribution >= 0.6 is 11.8 Å². The van der Waals surface area contributed by atoms with Crippen molar-refractivity contribution in [2.45, 2.75) is 25.7 Å². The van der Waals surface area contributed by atoms with Crippen molar-refractivity contribution in [3.63, 3.8) is 0 Å². The van der Waals surface area contributed by atoms with Gasteiger partial charge in [0.1, 0.15) is 6.04 Å². The molecule has 1 aliphatic heterocycles. The van der Waals surface area contributed by atoms with Gasteiger partial charge in [-0.1, -0.05) is 6.07 Å². The van der Waals surface area contributed by atoms with E-state index in [9.17, 15) is 9.59 Å². The average Bonchev–Trinajstić information content (AvgIpc) is 2.90. The summed E-state index contributed by atoms with van der Waals surface area (Å²) in [5, 5.41) is 11.7. The molecule has 5 nitrogen and oxygen atoms in total. The fraction of sp³-hybridized carbons (Fsp3) is 0.429. The van der Waals surface area contributed by atoms with Gasteiger partial charge in [-0.2, -0.15) is 11.8 Å². The predicted molar refractivity (Wildman–Crippen MR) is 76.8 cm³/mol. The predicted octanol–water partition coefficient (Wildman–Crippen LogP) is 1.65. The molecule has 0 radical (unpaired) electrons. The van der Waals surface area contributed by atoms with Crippen LogP contribution in [0.25, 0.3) is 0 Å². The van der Waals surface area contributed by atoms with Crippen LogP contribution in [0.3, 0.4) is 0 Å². The Hall–Kier alpha value is -1.53. The highest BCUT2D eigenvalue weighted by Gasteiger charge is 2.21. The number of nitrogens with one attached hydrogen (secondary N) is 1. The first-order chi connectivity index (χ1) is 9.61. The minimum atomic E-state index is -1.00. The summed E-state index contributed by atoms with van der Waals surface area (Å²) in [7, 11) is 0. The summed E-state index contributed by atoms with van der Waals surface area (Å²) < 4.78 is 5.29. The second-order valence-corrected chi connectivity index (χ2v) is 5.61. The Labute approximate surface area is 121 Å². The molecule has 0 saturated heterocycles. The molecule has 0 bridgehead atoms. The molecule has 0 aliphatic carbocycles. The van der Waals surface area contributed by atoms with Crippen LogP contribution in [-0.2, 0) is 22.7 Å². The summed E-state index contributed by atoms with van der Waals surface area (Å²) in [4.78, 5) is 23.2. The number of hydrogen-bond acceptors (Lipinski definition) is 4. The van der Waals surface area contributed by atoms with E-state index in [0.717, 1.165) is 11.1 Å². The second kappa shape index (κ2) is 6.76. The number of amides is 1. The van der Waals surface area contributed by atoms with Crippen molar-refractivity contribution in [3.8, 4) is 0 Å². The van der Waals surface area contributed by atoms with Gasteiger partial charge in [-0.15, -0.1) is 0 Å². The quantitative estimate of drug-likeness (QED) is 0.834. The Morgan fingerprint density at radius 3 is 2.85 bits per heavy atom. The maximum absolute atomic E-state index is 12.1. The molecule has 1 aromatic rings. The topological polar surface area (TPSA) is 75.6 Å².